The summed E-state index contributed by atoms with van der Waals surface area (Å²) in [6.07, 6.45) is -16.3. The summed E-state index contributed by atoms with van der Waals surface area (Å²) in [5.41, 5.74) is 10.2. The molecular weight excluding hydrogens is 1000 g/mol. The first-order valence-electron chi connectivity index (χ1n) is 21.6. The second-order valence-corrected chi connectivity index (χ2v) is 19.6. The van der Waals surface area contributed by atoms with Gasteiger partial charge in [0.15, 0.2) is 35.7 Å². The monoisotopic (exact) mass is 1050 g/mol. The van der Waals surface area contributed by atoms with Crippen LogP contribution >= 0.6 is 15.6 Å². The number of carbonyl (C=O) groups excluding carboxylic acids is 1. The molecule has 31 nitrogen and oxygen atoms in total. The van der Waals surface area contributed by atoms with Crippen molar-refractivity contribution in [2.24, 2.45) is 0 Å². The molecule has 8 rings (SSSR count). The topological polar surface area (TPSA) is 438 Å². The molecule has 12 N–H and O–H groups in total. The van der Waals surface area contributed by atoms with Crippen LogP contribution in [0.4, 0.5) is 17.5 Å². The van der Waals surface area contributed by atoms with Crippen LogP contribution in [0.2, 0.25) is 0 Å². The summed E-state index contributed by atoms with van der Waals surface area (Å²) in [4.78, 5) is 82.6. The number of fused-ring (bicyclic) bond motifs is 1. The van der Waals surface area contributed by atoms with Gasteiger partial charge < -0.3 is 71.2 Å². The summed E-state index contributed by atoms with van der Waals surface area (Å²) in [6, 6.07) is 9.41. The van der Waals surface area contributed by atoms with Crippen LogP contribution in [0.3, 0.4) is 0 Å². The molecule has 0 spiro atoms. The lowest BCUT2D eigenvalue weighted by Crippen LogP contribution is -2.51. The number of rotatable bonds is 19. The van der Waals surface area contributed by atoms with Crippen molar-refractivity contribution in [2.75, 3.05) is 50.3 Å². The Kier molecular flexibility index (Phi) is 15.6. The number of aliphatic hydroxyl groups is 5. The third-order valence-corrected chi connectivity index (χ3v) is 13.6. The lowest BCUT2D eigenvalue weighted by Gasteiger charge is -2.26. The van der Waals surface area contributed by atoms with Crippen molar-refractivity contribution in [3.05, 3.63) is 94.0 Å². The molecule has 0 saturated carbocycles. The molecule has 3 aliphatic heterocycles. The van der Waals surface area contributed by atoms with Gasteiger partial charge in [0, 0.05) is 32.9 Å². The summed E-state index contributed by atoms with van der Waals surface area (Å²) in [6.45, 7) is -2.97. The third kappa shape index (κ3) is 11.3. The Morgan fingerprint density at radius 3 is 1.86 bits per heavy atom. The van der Waals surface area contributed by atoms with Crippen molar-refractivity contribution in [1.82, 2.24) is 43.9 Å². The zero-order valence-electron chi connectivity index (χ0n) is 37.8. The molecule has 15 atom stereocenters. The highest BCUT2D eigenvalue weighted by molar-refractivity contribution is 7.47. The number of nitrogens with one attached hydrogen (secondary N) is 1. The lowest BCUT2D eigenvalue weighted by atomic mass is 10.0. The third-order valence-electron chi connectivity index (χ3n) is 11.7. The Hall–Kier alpha value is -5.70. The van der Waals surface area contributed by atoms with Gasteiger partial charge in [-0.3, -0.25) is 36.6 Å². The predicted molar refractivity (Wildman–Crippen MR) is 242 cm³/mol. The highest BCUT2D eigenvalue weighted by Crippen LogP contribution is 2.52. The summed E-state index contributed by atoms with van der Waals surface area (Å²) < 4.78 is 68.7. The number of carbonyl (C=O) groups is 1. The second kappa shape index (κ2) is 21.4. The maximum Gasteiger partial charge on any atom is 0.472 e. The molecule has 0 aliphatic carbocycles. The second-order valence-electron chi connectivity index (χ2n) is 16.8. The Balaban J connectivity index is 1.01. The summed E-state index contributed by atoms with van der Waals surface area (Å²) in [5.74, 6) is -0.933. The predicted octanol–water partition coefficient (Wildman–Crippen LogP) is -3.57. The normalized spacial score (nSPS) is 29.5. The van der Waals surface area contributed by atoms with E-state index in [1.165, 1.54) is 23.3 Å². The Morgan fingerprint density at radius 2 is 1.31 bits per heavy atom. The van der Waals surface area contributed by atoms with Crippen LogP contribution < -0.4 is 33.1 Å². The number of nitrogen functional groups attached to an aromatic ring is 2. The molecule has 3 fully saturated rings. The molecule has 33 heteroatoms. The number of phosphoric acid groups is 2. The number of hydrogen-bond donors (Lipinski definition) is 10. The van der Waals surface area contributed by atoms with Gasteiger partial charge in [0.05, 0.1) is 32.2 Å². The lowest BCUT2D eigenvalue weighted by molar-refractivity contribution is -0.131. The minimum absolute atomic E-state index is 0.128. The maximum absolute atomic E-state index is 13.9. The first kappa shape index (κ1) is 52.6. The van der Waals surface area contributed by atoms with Gasteiger partial charge in [-0.1, -0.05) is 30.3 Å². The van der Waals surface area contributed by atoms with Crippen LogP contribution in [-0.2, 0) is 52.7 Å². The van der Waals surface area contributed by atoms with E-state index in [1.807, 2.05) is 0 Å². The number of ether oxygens (including phenoxy) is 3. The SMILES string of the molecule is CN(C)c1ncnc2c1ncn2[C@@H]1O[C@H](COP(=O)(O)O[C@H]2[C@@H](O)[C@H](n3ccc(N)nc3=O)O[C@@H]2COP(=O)(O)O[C@H]2[C@@H](O)[C@H](n3ccc(N)nc3=O)O[C@@H]2CO)[C@@H](NC(=O)[C@@H](O)Cc2ccccc2)[C@H]1O. The van der Waals surface area contributed by atoms with Gasteiger partial charge >= 0.3 is 27.0 Å². The average Bonchev–Trinajstić information content (AvgIpc) is 4.07. The molecule has 4 aromatic heterocycles. The Morgan fingerprint density at radius 1 is 0.778 bits per heavy atom. The van der Waals surface area contributed by atoms with E-state index in [2.05, 4.69) is 30.2 Å². The fourth-order valence-corrected chi connectivity index (χ4v) is 10.1. The molecule has 7 heterocycles. The van der Waals surface area contributed by atoms with Gasteiger partial charge in [0.2, 0.25) is 5.91 Å². The molecule has 3 saturated heterocycles. The van der Waals surface area contributed by atoms with E-state index in [-0.39, 0.29) is 23.7 Å². The smallest absolute Gasteiger partial charge is 0.394 e. The molecule has 72 heavy (non-hydrogen) atoms. The summed E-state index contributed by atoms with van der Waals surface area (Å²) in [7, 11) is -7.49. The van der Waals surface area contributed by atoms with Crippen molar-refractivity contribution in [3.8, 4) is 0 Å². The van der Waals surface area contributed by atoms with E-state index in [0.717, 1.165) is 27.6 Å². The van der Waals surface area contributed by atoms with E-state index >= 15 is 0 Å². The van der Waals surface area contributed by atoms with Gasteiger partial charge in [-0.15, -0.1) is 0 Å². The van der Waals surface area contributed by atoms with E-state index in [1.54, 1.807) is 49.3 Å². The standard InChI is InChI=1S/C39H50N12O19P2/c1-48(2)32-26-33(43-16-42-32)51(17-44-26)35-27(54)25(47-34(57)19(53)12-18-6-4-3-5-7-18)21(67-35)14-64-71(60,61)70-31-22(68-37(29(31)56)50-11-9-24(41)46-39(50)59)15-65-72(62,63)69-30-20(13-52)66-36(28(30)55)49-10-8-23(40)45-38(49)58/h3-11,16-17,19-22,25,27-31,35-37,52-56H,12-15H2,1-2H3,(H,47,57)(H,60,61)(H,62,63)(H2,40,45,58)(H2,41,46,59)/t19-,20+,21+,22+,25+,27+,28+,29+,30+,31+,35+,36+,37+/m0/s1. The van der Waals surface area contributed by atoms with E-state index in [4.69, 9.17) is 43.8 Å². The first-order valence-corrected chi connectivity index (χ1v) is 24.6. The van der Waals surface area contributed by atoms with Crippen LogP contribution in [-0.4, -0.2) is 175 Å². The van der Waals surface area contributed by atoms with Gasteiger partial charge in [-0.2, -0.15) is 9.97 Å². The van der Waals surface area contributed by atoms with Crippen molar-refractivity contribution in [3.63, 3.8) is 0 Å². The van der Waals surface area contributed by atoms with Crippen LogP contribution in [0.5, 0.6) is 0 Å². The van der Waals surface area contributed by atoms with Gasteiger partial charge in [-0.05, 0) is 17.7 Å². The number of amides is 1. The molecule has 3 aliphatic rings. The largest absolute Gasteiger partial charge is 0.472 e. The molecule has 2 unspecified atom stereocenters. The number of aliphatic hydroxyl groups excluding tert-OH is 5. The molecule has 0 bridgehead atoms. The van der Waals surface area contributed by atoms with Crippen LogP contribution in [0.1, 0.15) is 24.2 Å². The molecule has 1 amide bonds. The average molecular weight is 1050 g/mol. The number of nitrogens with two attached hydrogens (primary N) is 2. The Labute approximate surface area is 405 Å². The van der Waals surface area contributed by atoms with Crippen molar-refractivity contribution < 1.29 is 81.5 Å². The highest BCUT2D eigenvalue weighted by Gasteiger charge is 2.53. The van der Waals surface area contributed by atoms with Gasteiger partial charge in [0.25, 0.3) is 0 Å². The van der Waals surface area contributed by atoms with E-state index < -0.39 is 132 Å². The fourth-order valence-electron chi connectivity index (χ4n) is 8.22. The van der Waals surface area contributed by atoms with E-state index in [0.29, 0.717) is 16.9 Å². The summed E-state index contributed by atoms with van der Waals surface area (Å²) in [5, 5.41) is 57.7. The molecular formula is C39H50N12O19P2. The zero-order valence-corrected chi connectivity index (χ0v) is 39.6. The number of benzene rings is 1. The van der Waals surface area contributed by atoms with Crippen LogP contribution in [0, 0.1) is 0 Å². The number of imidazole rings is 1. The number of hydrogen-bond acceptors (Lipinski definition) is 25. The first-order chi connectivity index (χ1) is 34.1. The van der Waals surface area contributed by atoms with E-state index in [9.17, 15) is 58.8 Å². The summed E-state index contributed by atoms with van der Waals surface area (Å²) >= 11 is 0. The quantitative estimate of drug-likeness (QED) is 0.0358. The molecule has 0 radical (unpaired) electrons. The van der Waals surface area contributed by atoms with Gasteiger partial charge in [0.1, 0.15) is 72.9 Å². The number of nitrogens with zero attached hydrogens (tertiary/aromatic N) is 9. The van der Waals surface area contributed by atoms with Crippen LogP contribution in [0.25, 0.3) is 11.2 Å². The van der Waals surface area contributed by atoms with Crippen LogP contribution in [0.15, 0.2) is 77.1 Å². The van der Waals surface area contributed by atoms with Gasteiger partial charge in [-0.25, -0.2) is 33.7 Å². The number of anilines is 3. The number of aromatic nitrogens is 8. The minimum Gasteiger partial charge on any atom is -0.394 e. The Bertz CT molecular complexity index is 2950. The minimum atomic E-state index is -5.51. The van der Waals surface area contributed by atoms with Crippen molar-refractivity contribution >= 4 is 50.2 Å². The molecule has 1 aromatic carbocycles. The fraction of sp³-hybridized carbons (Fsp3) is 0.487. The number of phosphoric ester groups is 2. The highest BCUT2D eigenvalue weighted by atomic mass is 31.2. The maximum atomic E-state index is 13.9. The molecule has 5 aromatic rings. The van der Waals surface area contributed by atoms with Crippen molar-refractivity contribution in [1.29, 1.82) is 0 Å². The van der Waals surface area contributed by atoms with Crippen molar-refractivity contribution in [2.45, 2.75) is 86.1 Å². The zero-order chi connectivity index (χ0) is 51.8. The molecule has 390 valence electrons.